The number of carbonyl (C=O) groups is 3. The SMILES string of the molecule is CCCCCCCNC(=O)Nc1ccccc1NC(=O)c1cc(C(C)(C)C)c(OC(=O)NCCCCCCC)c(C(C)(C)C)c1. The number of unbranched alkanes of at least 4 members (excludes halogenated alkanes) is 8. The minimum absolute atomic E-state index is 0.307. The zero-order chi connectivity index (χ0) is 33.5. The standard InChI is InChI=1S/C37H58N4O4/c1-9-11-13-15-19-23-38-34(43)41-31-22-18-17-21-30(31)40-33(42)27-25-28(36(3,4)5)32(29(26-27)37(6,7)8)45-35(44)39-24-20-16-14-12-10-2/h17-18,21-22,25-26H,9-16,19-20,23-24H2,1-8H3,(H,39,44)(H,40,42)(H2,38,41,43). The molecule has 0 saturated heterocycles. The van der Waals surface area contributed by atoms with E-state index in [1.165, 1.54) is 32.1 Å². The predicted octanol–water partition coefficient (Wildman–Crippen LogP) is 9.68. The molecular weight excluding hydrogens is 564 g/mol. The summed E-state index contributed by atoms with van der Waals surface area (Å²) in [5.74, 6) is 0.170. The lowest BCUT2D eigenvalue weighted by atomic mass is 9.78. The second-order valence-electron chi connectivity index (χ2n) is 13.9. The van der Waals surface area contributed by atoms with Gasteiger partial charge in [0.05, 0.1) is 11.4 Å². The fourth-order valence-electron chi connectivity index (χ4n) is 5.02. The molecule has 0 aliphatic heterocycles. The van der Waals surface area contributed by atoms with Gasteiger partial charge in [-0.25, -0.2) is 9.59 Å². The Hall–Kier alpha value is -3.55. The molecule has 8 heteroatoms. The van der Waals surface area contributed by atoms with Gasteiger partial charge in [-0.2, -0.15) is 0 Å². The van der Waals surface area contributed by atoms with E-state index in [9.17, 15) is 14.4 Å². The van der Waals surface area contributed by atoms with Crippen molar-refractivity contribution >= 4 is 29.4 Å². The number of hydrogen-bond donors (Lipinski definition) is 4. The van der Waals surface area contributed by atoms with E-state index in [-0.39, 0.29) is 11.9 Å². The Labute approximate surface area is 271 Å². The fourth-order valence-corrected chi connectivity index (χ4v) is 5.02. The number of urea groups is 1. The Balaban J connectivity index is 2.25. The molecule has 0 fully saturated rings. The van der Waals surface area contributed by atoms with Crippen molar-refractivity contribution in [1.29, 1.82) is 0 Å². The maximum absolute atomic E-state index is 13.7. The summed E-state index contributed by atoms with van der Waals surface area (Å²) in [5, 5.41) is 11.7. The fraction of sp³-hybridized carbons (Fsp3) is 0.595. The maximum Gasteiger partial charge on any atom is 0.412 e. The van der Waals surface area contributed by atoms with Gasteiger partial charge in [0.15, 0.2) is 0 Å². The van der Waals surface area contributed by atoms with Crippen LogP contribution in [-0.4, -0.2) is 31.1 Å². The number of ether oxygens (including phenoxy) is 1. The van der Waals surface area contributed by atoms with Gasteiger partial charge in [-0.3, -0.25) is 4.79 Å². The molecule has 0 saturated carbocycles. The summed E-state index contributed by atoms with van der Waals surface area (Å²) >= 11 is 0. The molecular formula is C37H58N4O4. The van der Waals surface area contributed by atoms with Gasteiger partial charge in [0.1, 0.15) is 5.75 Å². The van der Waals surface area contributed by atoms with E-state index in [0.717, 1.165) is 43.2 Å². The summed E-state index contributed by atoms with van der Waals surface area (Å²) in [7, 11) is 0. The number of para-hydroxylation sites is 2. The first-order valence-corrected chi connectivity index (χ1v) is 16.9. The summed E-state index contributed by atoms with van der Waals surface area (Å²) in [5.41, 5.74) is 2.15. The quantitative estimate of drug-likeness (QED) is 0.140. The van der Waals surface area contributed by atoms with Crippen LogP contribution in [0.4, 0.5) is 21.0 Å². The smallest absolute Gasteiger partial charge is 0.410 e. The summed E-state index contributed by atoms with van der Waals surface area (Å²) < 4.78 is 6.00. The molecule has 0 atom stereocenters. The van der Waals surface area contributed by atoms with Crippen molar-refractivity contribution in [3.05, 3.63) is 53.1 Å². The second-order valence-corrected chi connectivity index (χ2v) is 13.9. The van der Waals surface area contributed by atoms with Crippen LogP contribution in [0.3, 0.4) is 0 Å². The third-order valence-corrected chi connectivity index (χ3v) is 7.70. The van der Waals surface area contributed by atoms with Crippen LogP contribution in [-0.2, 0) is 10.8 Å². The molecule has 0 aliphatic rings. The average Bonchev–Trinajstić information content (AvgIpc) is 2.96. The molecule has 0 aromatic heterocycles. The molecule has 2 aromatic rings. The topological polar surface area (TPSA) is 109 Å². The highest BCUT2D eigenvalue weighted by Crippen LogP contribution is 2.41. The number of nitrogens with one attached hydrogen (secondary N) is 4. The molecule has 8 nitrogen and oxygen atoms in total. The van der Waals surface area contributed by atoms with Gasteiger partial charge in [0.2, 0.25) is 0 Å². The number of anilines is 2. The minimum Gasteiger partial charge on any atom is -0.410 e. The van der Waals surface area contributed by atoms with Gasteiger partial charge in [-0.05, 0) is 47.9 Å². The zero-order valence-corrected chi connectivity index (χ0v) is 29.1. The van der Waals surface area contributed by atoms with Gasteiger partial charge in [-0.1, -0.05) is 119 Å². The van der Waals surface area contributed by atoms with Crippen molar-refractivity contribution in [3.8, 4) is 5.75 Å². The monoisotopic (exact) mass is 622 g/mol. The molecule has 4 N–H and O–H groups in total. The van der Waals surface area contributed by atoms with E-state index >= 15 is 0 Å². The lowest BCUT2D eigenvalue weighted by Gasteiger charge is -2.30. The first kappa shape index (κ1) is 37.6. The molecule has 2 aromatic carbocycles. The van der Waals surface area contributed by atoms with Gasteiger partial charge in [0.25, 0.3) is 5.91 Å². The van der Waals surface area contributed by atoms with Crippen LogP contribution >= 0.6 is 0 Å². The number of hydrogen-bond acceptors (Lipinski definition) is 4. The number of amides is 4. The molecule has 0 bridgehead atoms. The van der Waals surface area contributed by atoms with Crippen LogP contribution in [0.25, 0.3) is 0 Å². The molecule has 250 valence electrons. The Morgan fingerprint density at radius 3 is 1.60 bits per heavy atom. The molecule has 45 heavy (non-hydrogen) atoms. The van der Waals surface area contributed by atoms with Crippen LogP contribution in [0.1, 0.15) is 141 Å². The Morgan fingerprint density at radius 1 is 0.644 bits per heavy atom. The third-order valence-electron chi connectivity index (χ3n) is 7.70. The summed E-state index contributed by atoms with van der Waals surface area (Å²) in [6.45, 7) is 17.7. The molecule has 0 unspecified atom stereocenters. The summed E-state index contributed by atoms with van der Waals surface area (Å²) in [4.78, 5) is 39.2. The van der Waals surface area contributed by atoms with Crippen LogP contribution < -0.4 is 26.0 Å². The molecule has 0 heterocycles. The minimum atomic E-state index is -0.488. The molecule has 0 radical (unpaired) electrons. The number of benzene rings is 2. The largest absolute Gasteiger partial charge is 0.412 e. The predicted molar refractivity (Wildman–Crippen MR) is 187 cm³/mol. The van der Waals surface area contributed by atoms with Crippen LogP contribution in [0, 0.1) is 0 Å². The van der Waals surface area contributed by atoms with E-state index in [2.05, 4.69) is 35.1 Å². The van der Waals surface area contributed by atoms with E-state index in [0.29, 0.717) is 35.8 Å². The van der Waals surface area contributed by atoms with E-state index in [1.807, 2.05) is 53.7 Å². The first-order chi connectivity index (χ1) is 21.3. The van der Waals surface area contributed by atoms with Crippen LogP contribution in [0.5, 0.6) is 5.75 Å². The highest BCUT2D eigenvalue weighted by molar-refractivity contribution is 6.07. The Kier molecular flexibility index (Phi) is 15.4. The van der Waals surface area contributed by atoms with E-state index < -0.39 is 16.9 Å². The maximum atomic E-state index is 13.7. The van der Waals surface area contributed by atoms with Crippen molar-refractivity contribution in [3.63, 3.8) is 0 Å². The summed E-state index contributed by atoms with van der Waals surface area (Å²) in [6.07, 6.45) is 10.6. The third kappa shape index (κ3) is 13.1. The van der Waals surface area contributed by atoms with E-state index in [1.54, 1.807) is 24.3 Å². The molecule has 0 spiro atoms. The molecule has 2 rings (SSSR count). The van der Waals surface area contributed by atoms with Crippen molar-refractivity contribution < 1.29 is 19.1 Å². The lowest BCUT2D eigenvalue weighted by molar-refractivity contribution is 0.102. The lowest BCUT2D eigenvalue weighted by Crippen LogP contribution is -2.31. The Morgan fingerprint density at radius 2 is 1.11 bits per heavy atom. The first-order valence-electron chi connectivity index (χ1n) is 16.9. The highest BCUT2D eigenvalue weighted by Gasteiger charge is 2.30. The van der Waals surface area contributed by atoms with E-state index in [4.69, 9.17) is 4.74 Å². The molecule has 4 amide bonds. The van der Waals surface area contributed by atoms with Gasteiger partial charge >= 0.3 is 12.1 Å². The highest BCUT2D eigenvalue weighted by atomic mass is 16.6. The van der Waals surface area contributed by atoms with Crippen molar-refractivity contribution in [2.45, 2.75) is 130 Å². The molecule has 0 aliphatic carbocycles. The normalized spacial score (nSPS) is 11.6. The number of rotatable bonds is 16. The number of carbonyl (C=O) groups excluding carboxylic acids is 3. The van der Waals surface area contributed by atoms with Gasteiger partial charge in [-0.15, -0.1) is 0 Å². The van der Waals surface area contributed by atoms with Crippen LogP contribution in [0.15, 0.2) is 36.4 Å². The van der Waals surface area contributed by atoms with Gasteiger partial charge in [0, 0.05) is 29.8 Å². The summed E-state index contributed by atoms with van der Waals surface area (Å²) in [6, 6.07) is 10.5. The van der Waals surface area contributed by atoms with Crippen molar-refractivity contribution in [1.82, 2.24) is 10.6 Å². The zero-order valence-electron chi connectivity index (χ0n) is 29.1. The van der Waals surface area contributed by atoms with Crippen molar-refractivity contribution in [2.75, 3.05) is 23.7 Å². The van der Waals surface area contributed by atoms with Gasteiger partial charge < -0.3 is 26.0 Å². The Bertz CT molecular complexity index is 1210. The van der Waals surface area contributed by atoms with Crippen LogP contribution in [0.2, 0.25) is 0 Å². The average molecular weight is 623 g/mol. The second kappa shape index (κ2) is 18.4. The van der Waals surface area contributed by atoms with Crippen molar-refractivity contribution in [2.24, 2.45) is 0 Å².